The molecule has 1 aromatic rings. The van der Waals surface area contributed by atoms with E-state index in [1.165, 1.54) is 12.1 Å². The first-order valence-corrected chi connectivity index (χ1v) is 6.90. The zero-order chi connectivity index (χ0) is 14.7. The molecule has 2 atom stereocenters. The summed E-state index contributed by atoms with van der Waals surface area (Å²) in [7, 11) is 0. The smallest absolute Gasteiger partial charge is 0.387 e. The van der Waals surface area contributed by atoms with Crippen molar-refractivity contribution >= 4 is 17.5 Å². The van der Waals surface area contributed by atoms with Crippen LogP contribution in [0.25, 0.3) is 0 Å². The van der Waals surface area contributed by atoms with Gasteiger partial charge >= 0.3 is 6.61 Å². The summed E-state index contributed by atoms with van der Waals surface area (Å²) in [5.41, 5.74) is 0.145. The van der Waals surface area contributed by atoms with Crippen LogP contribution in [0, 0.1) is 5.92 Å². The van der Waals surface area contributed by atoms with E-state index in [-0.39, 0.29) is 22.6 Å². The van der Waals surface area contributed by atoms with Crippen LogP contribution in [0.15, 0.2) is 24.3 Å². The second kappa shape index (κ2) is 6.39. The predicted octanol–water partition coefficient (Wildman–Crippen LogP) is 3.38. The molecule has 0 saturated carbocycles. The minimum atomic E-state index is -2.95. The van der Waals surface area contributed by atoms with Gasteiger partial charge in [0, 0.05) is 13.1 Å². The highest BCUT2D eigenvalue weighted by Gasteiger charge is 2.29. The summed E-state index contributed by atoms with van der Waals surface area (Å²) >= 11 is 6.17. The fourth-order valence-corrected chi connectivity index (χ4v) is 2.51. The van der Waals surface area contributed by atoms with Gasteiger partial charge in [-0.2, -0.15) is 8.78 Å². The molecular formula is C14H16ClF2NO2. The molecule has 1 amide bonds. The molecule has 1 saturated heterocycles. The Morgan fingerprint density at radius 1 is 1.45 bits per heavy atom. The summed E-state index contributed by atoms with van der Waals surface area (Å²) in [6, 6.07) is 6.03. The van der Waals surface area contributed by atoms with Crippen molar-refractivity contribution in [1.29, 1.82) is 0 Å². The SMILES string of the molecule is CC1CCN(C(=O)c2ccccc2OC(F)F)CC1Cl. The minimum Gasteiger partial charge on any atom is -0.434 e. The number of alkyl halides is 3. The number of rotatable bonds is 3. The van der Waals surface area contributed by atoms with Gasteiger partial charge in [-0.25, -0.2) is 0 Å². The fraction of sp³-hybridized carbons (Fsp3) is 0.500. The van der Waals surface area contributed by atoms with Crippen molar-refractivity contribution in [1.82, 2.24) is 4.90 Å². The van der Waals surface area contributed by atoms with E-state index in [2.05, 4.69) is 4.74 Å². The number of hydrogen-bond acceptors (Lipinski definition) is 2. The van der Waals surface area contributed by atoms with E-state index < -0.39 is 6.61 Å². The molecule has 6 heteroatoms. The van der Waals surface area contributed by atoms with Crippen LogP contribution in [-0.4, -0.2) is 35.9 Å². The first kappa shape index (κ1) is 15.0. The number of piperidine rings is 1. The molecule has 0 aromatic heterocycles. The Labute approximate surface area is 121 Å². The van der Waals surface area contributed by atoms with Gasteiger partial charge in [0.1, 0.15) is 5.75 Å². The molecule has 3 nitrogen and oxygen atoms in total. The van der Waals surface area contributed by atoms with Gasteiger partial charge in [0.2, 0.25) is 0 Å². The van der Waals surface area contributed by atoms with Crippen molar-refractivity contribution in [2.45, 2.75) is 25.3 Å². The number of para-hydroxylation sites is 1. The Hall–Kier alpha value is -1.36. The van der Waals surface area contributed by atoms with Crippen LogP contribution in [0.4, 0.5) is 8.78 Å². The van der Waals surface area contributed by atoms with Gasteiger partial charge < -0.3 is 9.64 Å². The largest absolute Gasteiger partial charge is 0.434 e. The average Bonchev–Trinajstić information content (AvgIpc) is 2.41. The molecule has 110 valence electrons. The predicted molar refractivity (Wildman–Crippen MR) is 72.4 cm³/mol. The average molecular weight is 304 g/mol. The lowest BCUT2D eigenvalue weighted by atomic mass is 9.98. The number of hydrogen-bond donors (Lipinski definition) is 0. The second-order valence-electron chi connectivity index (χ2n) is 4.91. The van der Waals surface area contributed by atoms with Crippen LogP contribution in [0.3, 0.4) is 0 Å². The Balaban J connectivity index is 2.17. The summed E-state index contributed by atoms with van der Waals surface area (Å²) < 4.78 is 29.1. The van der Waals surface area contributed by atoms with Crippen LogP contribution in [0.2, 0.25) is 0 Å². The lowest BCUT2D eigenvalue weighted by Crippen LogP contribution is -2.43. The molecule has 1 aliphatic rings. The third kappa shape index (κ3) is 3.39. The van der Waals surface area contributed by atoms with E-state index in [4.69, 9.17) is 11.6 Å². The Morgan fingerprint density at radius 2 is 2.15 bits per heavy atom. The number of ether oxygens (including phenoxy) is 1. The van der Waals surface area contributed by atoms with Crippen LogP contribution in [0.1, 0.15) is 23.7 Å². The normalized spacial score (nSPS) is 22.9. The van der Waals surface area contributed by atoms with Gasteiger partial charge in [-0.15, -0.1) is 11.6 Å². The highest BCUT2D eigenvalue weighted by Crippen LogP contribution is 2.26. The maximum Gasteiger partial charge on any atom is 0.387 e. The monoisotopic (exact) mass is 303 g/mol. The highest BCUT2D eigenvalue weighted by atomic mass is 35.5. The molecule has 1 aliphatic heterocycles. The van der Waals surface area contributed by atoms with Gasteiger partial charge in [0.15, 0.2) is 0 Å². The van der Waals surface area contributed by atoms with Crippen LogP contribution in [0.5, 0.6) is 5.75 Å². The molecule has 20 heavy (non-hydrogen) atoms. The molecule has 0 spiro atoms. The third-order valence-electron chi connectivity index (χ3n) is 3.49. The van der Waals surface area contributed by atoms with Crippen molar-refractivity contribution in [3.8, 4) is 5.75 Å². The fourth-order valence-electron chi connectivity index (χ4n) is 2.22. The van der Waals surface area contributed by atoms with Gasteiger partial charge in [-0.1, -0.05) is 19.1 Å². The Kier molecular flexibility index (Phi) is 4.81. The van der Waals surface area contributed by atoms with Crippen molar-refractivity contribution < 1.29 is 18.3 Å². The summed E-state index contributed by atoms with van der Waals surface area (Å²) in [6.45, 7) is 0.0792. The van der Waals surface area contributed by atoms with Gasteiger partial charge in [0.05, 0.1) is 10.9 Å². The van der Waals surface area contributed by atoms with Gasteiger partial charge in [-0.05, 0) is 24.5 Å². The molecule has 1 heterocycles. The van der Waals surface area contributed by atoms with E-state index in [1.54, 1.807) is 17.0 Å². The Bertz CT molecular complexity index is 484. The molecular weight excluding hydrogens is 288 g/mol. The molecule has 2 rings (SSSR count). The zero-order valence-electron chi connectivity index (χ0n) is 11.1. The van der Waals surface area contributed by atoms with Crippen LogP contribution in [-0.2, 0) is 0 Å². The number of carbonyl (C=O) groups excluding carboxylic acids is 1. The summed E-state index contributed by atoms with van der Waals surface area (Å²) in [6.07, 6.45) is 0.803. The second-order valence-corrected chi connectivity index (χ2v) is 5.47. The first-order chi connectivity index (χ1) is 9.49. The van der Waals surface area contributed by atoms with Crippen molar-refractivity contribution in [3.05, 3.63) is 29.8 Å². The molecule has 1 aromatic carbocycles. The molecule has 1 fully saturated rings. The van der Waals surface area contributed by atoms with Crippen molar-refractivity contribution in [3.63, 3.8) is 0 Å². The number of likely N-dealkylation sites (tertiary alicyclic amines) is 1. The molecule has 0 radical (unpaired) electrons. The quantitative estimate of drug-likeness (QED) is 0.801. The lowest BCUT2D eigenvalue weighted by molar-refractivity contribution is -0.0503. The number of carbonyl (C=O) groups is 1. The topological polar surface area (TPSA) is 29.5 Å². The molecule has 2 unspecified atom stereocenters. The summed E-state index contributed by atoms with van der Waals surface area (Å²) in [5.74, 6) is -0.0793. The first-order valence-electron chi connectivity index (χ1n) is 6.46. The summed E-state index contributed by atoms with van der Waals surface area (Å²) in [4.78, 5) is 14.0. The van der Waals surface area contributed by atoms with Gasteiger partial charge in [-0.3, -0.25) is 4.79 Å². The van der Waals surface area contributed by atoms with E-state index in [9.17, 15) is 13.6 Å². The maximum absolute atomic E-state index is 12.4. The van der Waals surface area contributed by atoms with Crippen LogP contribution < -0.4 is 4.74 Å². The third-order valence-corrected chi connectivity index (χ3v) is 4.06. The minimum absolute atomic E-state index is 0.0998. The number of amides is 1. The number of benzene rings is 1. The zero-order valence-corrected chi connectivity index (χ0v) is 11.8. The van der Waals surface area contributed by atoms with E-state index in [0.29, 0.717) is 19.0 Å². The maximum atomic E-state index is 12.4. The highest BCUT2D eigenvalue weighted by molar-refractivity contribution is 6.21. The molecule has 0 bridgehead atoms. The van der Waals surface area contributed by atoms with Crippen LogP contribution >= 0.6 is 11.6 Å². The van der Waals surface area contributed by atoms with Crippen molar-refractivity contribution in [2.24, 2.45) is 5.92 Å². The van der Waals surface area contributed by atoms with E-state index in [0.717, 1.165) is 6.42 Å². The molecule has 0 aliphatic carbocycles. The standard InChI is InChI=1S/C14H16ClF2NO2/c1-9-6-7-18(8-11(9)15)13(19)10-4-2-3-5-12(10)20-14(16)17/h2-5,9,11,14H,6-8H2,1H3. The van der Waals surface area contributed by atoms with E-state index in [1.807, 2.05) is 6.92 Å². The molecule has 0 N–H and O–H groups in total. The lowest BCUT2D eigenvalue weighted by Gasteiger charge is -2.34. The number of nitrogens with zero attached hydrogens (tertiary/aromatic N) is 1. The Morgan fingerprint density at radius 3 is 2.80 bits per heavy atom. The summed E-state index contributed by atoms with van der Waals surface area (Å²) in [5, 5.41) is -0.115. The van der Waals surface area contributed by atoms with Crippen molar-refractivity contribution in [2.75, 3.05) is 13.1 Å². The number of halogens is 3. The van der Waals surface area contributed by atoms with E-state index >= 15 is 0 Å². The van der Waals surface area contributed by atoms with Gasteiger partial charge in [0.25, 0.3) is 5.91 Å².